The molecule has 4 nitrogen and oxygen atoms in total. The second-order valence-electron chi connectivity index (χ2n) is 7.93. The second kappa shape index (κ2) is 20.8. The molecule has 6 heteroatoms. The van der Waals surface area contributed by atoms with Gasteiger partial charge in [-0.25, -0.2) is 8.42 Å². The minimum absolute atomic E-state index is 0. The summed E-state index contributed by atoms with van der Waals surface area (Å²) < 4.78 is 34.4. The van der Waals surface area contributed by atoms with E-state index in [1.165, 1.54) is 38.5 Å². The van der Waals surface area contributed by atoms with E-state index in [0.29, 0.717) is 12.8 Å². The summed E-state index contributed by atoms with van der Waals surface area (Å²) in [5.74, 6) is 0. The first kappa shape index (κ1) is 30.7. The Morgan fingerprint density at radius 1 is 0.704 bits per heavy atom. The van der Waals surface area contributed by atoms with Crippen LogP contribution in [0.5, 0.6) is 0 Å². The van der Waals surface area contributed by atoms with E-state index in [2.05, 4.69) is 6.92 Å². The van der Waals surface area contributed by atoms with Crippen LogP contribution in [0.2, 0.25) is 0 Å². The van der Waals surface area contributed by atoms with Crippen molar-refractivity contribution in [1.29, 1.82) is 0 Å². The van der Waals surface area contributed by atoms with Crippen molar-refractivity contribution in [3.63, 3.8) is 0 Å². The van der Waals surface area contributed by atoms with E-state index in [4.69, 9.17) is 0 Å². The van der Waals surface area contributed by atoms with Crippen molar-refractivity contribution in [1.82, 2.24) is 0 Å². The fourth-order valence-electron chi connectivity index (χ4n) is 3.46. The molecular weight excluding hydrogens is 387 g/mol. The summed E-state index contributed by atoms with van der Waals surface area (Å²) in [5, 5.41) is 8.51. The Labute approximate surface area is 211 Å². The number of aliphatic hydroxyl groups excluding tert-OH is 1. The van der Waals surface area contributed by atoms with Crippen molar-refractivity contribution in [2.45, 2.75) is 134 Å². The van der Waals surface area contributed by atoms with Crippen LogP contribution in [0, 0.1) is 0 Å². The summed E-state index contributed by atoms with van der Waals surface area (Å²) in [6.45, 7) is 4.02. The summed E-state index contributed by atoms with van der Waals surface area (Å²) in [6, 6.07) is 0. The van der Waals surface area contributed by atoms with E-state index in [1.807, 2.05) is 0 Å². The van der Waals surface area contributed by atoms with Gasteiger partial charge < -0.3 is 9.66 Å². The zero-order chi connectivity index (χ0) is 19.7. The van der Waals surface area contributed by atoms with E-state index in [0.717, 1.165) is 57.8 Å². The van der Waals surface area contributed by atoms with E-state index in [-0.39, 0.29) is 57.5 Å². The van der Waals surface area contributed by atoms with Gasteiger partial charge in [0.25, 0.3) is 0 Å². The van der Waals surface area contributed by atoms with Crippen LogP contribution >= 0.6 is 0 Å². The first-order valence-corrected chi connectivity index (χ1v) is 12.5. The van der Waals surface area contributed by atoms with E-state index in [1.54, 1.807) is 6.92 Å². The zero-order valence-electron chi connectivity index (χ0n) is 18.3. The van der Waals surface area contributed by atoms with Gasteiger partial charge in [0.2, 0.25) is 0 Å². The summed E-state index contributed by atoms with van der Waals surface area (Å²) in [5.41, 5.74) is 0. The number of unbranched alkanes of at least 4 members (excludes halogenated alkanes) is 12. The maximum atomic E-state index is 11.5. The SMILES string of the molecule is CCCCCCCCCCCC(CCCCCCCC(C)O)S(=O)(=O)[O-].[K+]. The number of rotatable bonds is 19. The molecule has 0 aromatic rings. The number of hydrogen-bond acceptors (Lipinski definition) is 4. The van der Waals surface area contributed by atoms with Gasteiger partial charge in [-0.2, -0.15) is 0 Å². The molecule has 1 N–H and O–H groups in total. The molecular formula is C21H43KO4S. The Morgan fingerprint density at radius 3 is 1.37 bits per heavy atom. The topological polar surface area (TPSA) is 77.4 Å². The largest absolute Gasteiger partial charge is 1.00 e. The third kappa shape index (κ3) is 22.0. The first-order chi connectivity index (χ1) is 12.4. The molecule has 0 amide bonds. The van der Waals surface area contributed by atoms with Gasteiger partial charge in [-0.1, -0.05) is 96.8 Å². The molecule has 2 unspecified atom stereocenters. The van der Waals surface area contributed by atoms with Crippen LogP contribution < -0.4 is 51.4 Å². The van der Waals surface area contributed by atoms with E-state index >= 15 is 0 Å². The predicted octanol–water partition coefficient (Wildman–Crippen LogP) is 2.94. The van der Waals surface area contributed by atoms with Crippen molar-refractivity contribution < 1.29 is 69.5 Å². The van der Waals surface area contributed by atoms with Crippen LogP contribution in [0.1, 0.15) is 123 Å². The molecule has 0 aliphatic heterocycles. The minimum atomic E-state index is -4.16. The summed E-state index contributed by atoms with van der Waals surface area (Å²) in [7, 11) is -4.16. The third-order valence-corrected chi connectivity index (χ3v) is 6.47. The monoisotopic (exact) mass is 430 g/mol. The molecule has 0 aromatic heterocycles. The van der Waals surface area contributed by atoms with Gasteiger partial charge in [0, 0.05) is 5.25 Å². The van der Waals surface area contributed by atoms with Gasteiger partial charge in [0.1, 0.15) is 0 Å². The second-order valence-corrected chi connectivity index (χ2v) is 9.58. The maximum absolute atomic E-state index is 11.5. The van der Waals surface area contributed by atoms with Crippen molar-refractivity contribution in [2.75, 3.05) is 0 Å². The van der Waals surface area contributed by atoms with Crippen LogP contribution in [-0.2, 0) is 10.1 Å². The molecule has 0 fully saturated rings. The molecule has 0 aromatic carbocycles. The summed E-state index contributed by atoms with van der Waals surface area (Å²) in [6.07, 6.45) is 17.3. The first-order valence-electron chi connectivity index (χ1n) is 11.0. The maximum Gasteiger partial charge on any atom is 1.00 e. The Bertz CT molecular complexity index is 399. The zero-order valence-corrected chi connectivity index (χ0v) is 22.2. The van der Waals surface area contributed by atoms with Gasteiger partial charge in [0.05, 0.1) is 16.2 Å². The predicted molar refractivity (Wildman–Crippen MR) is 109 cm³/mol. The molecule has 0 saturated carbocycles. The summed E-state index contributed by atoms with van der Waals surface area (Å²) >= 11 is 0. The average Bonchev–Trinajstić information content (AvgIpc) is 2.56. The van der Waals surface area contributed by atoms with Crippen molar-refractivity contribution in [2.24, 2.45) is 0 Å². The normalized spacial score (nSPS) is 13.9. The van der Waals surface area contributed by atoms with Gasteiger partial charge in [-0.3, -0.25) is 0 Å². The molecule has 0 spiro atoms. The van der Waals surface area contributed by atoms with E-state index < -0.39 is 15.4 Å². The smallest absolute Gasteiger partial charge is 0.748 e. The van der Waals surface area contributed by atoms with Crippen molar-refractivity contribution in [3.05, 3.63) is 0 Å². The van der Waals surface area contributed by atoms with Crippen molar-refractivity contribution in [3.8, 4) is 0 Å². The quantitative estimate of drug-likeness (QED) is 0.194. The molecule has 0 bridgehead atoms. The average molecular weight is 431 g/mol. The van der Waals surface area contributed by atoms with Crippen LogP contribution in [0.4, 0.5) is 0 Å². The minimum Gasteiger partial charge on any atom is -0.748 e. The molecule has 0 radical (unpaired) electrons. The third-order valence-electron chi connectivity index (χ3n) is 5.19. The molecule has 0 aliphatic rings. The Kier molecular flexibility index (Phi) is 23.6. The van der Waals surface area contributed by atoms with Crippen LogP contribution in [0.25, 0.3) is 0 Å². The number of aliphatic hydroxyl groups is 1. The van der Waals surface area contributed by atoms with E-state index in [9.17, 15) is 18.1 Å². The van der Waals surface area contributed by atoms with Gasteiger partial charge in [0.15, 0.2) is 0 Å². The standard InChI is InChI=1S/C21H44O4S.K/c1-3-4-5-6-7-8-9-12-15-18-21(26(23,24)25)19-16-13-10-11-14-17-20(2)22;/h20-22H,3-19H2,1-2H3,(H,23,24,25);/q;+1/p-1. The molecule has 2 atom stereocenters. The molecule has 0 rings (SSSR count). The Hall–Kier alpha value is 1.51. The van der Waals surface area contributed by atoms with Gasteiger partial charge >= 0.3 is 51.4 Å². The number of hydrogen-bond donors (Lipinski definition) is 1. The van der Waals surface area contributed by atoms with Crippen LogP contribution in [0.3, 0.4) is 0 Å². The fourth-order valence-corrected chi connectivity index (χ4v) is 4.37. The molecule has 158 valence electrons. The Balaban J connectivity index is 0. The van der Waals surface area contributed by atoms with Crippen molar-refractivity contribution >= 4 is 10.1 Å². The Morgan fingerprint density at radius 2 is 1.04 bits per heavy atom. The molecule has 0 heterocycles. The van der Waals surface area contributed by atoms with Gasteiger partial charge in [-0.05, 0) is 26.2 Å². The summed E-state index contributed by atoms with van der Waals surface area (Å²) in [4.78, 5) is 0. The fraction of sp³-hybridized carbons (Fsp3) is 1.00. The molecule has 27 heavy (non-hydrogen) atoms. The van der Waals surface area contributed by atoms with Crippen LogP contribution in [-0.4, -0.2) is 29.4 Å². The van der Waals surface area contributed by atoms with Crippen LogP contribution in [0.15, 0.2) is 0 Å². The molecule has 0 aliphatic carbocycles. The molecule has 0 saturated heterocycles. The van der Waals surface area contributed by atoms with Gasteiger partial charge in [-0.15, -0.1) is 0 Å².